The van der Waals surface area contributed by atoms with Crippen LogP contribution in [0.5, 0.6) is 0 Å². The van der Waals surface area contributed by atoms with Crippen molar-refractivity contribution in [1.82, 2.24) is 4.90 Å². The van der Waals surface area contributed by atoms with Gasteiger partial charge in [0.25, 0.3) is 5.91 Å². The minimum Gasteiger partial charge on any atom is -0.466 e. The third-order valence-corrected chi connectivity index (χ3v) is 2.83. The van der Waals surface area contributed by atoms with Gasteiger partial charge in [-0.2, -0.15) is 0 Å². The number of hydrogen-bond acceptors (Lipinski definition) is 5. The van der Waals surface area contributed by atoms with E-state index < -0.39 is 0 Å². The number of nitrogens with zero attached hydrogens (tertiary/aromatic N) is 1. The van der Waals surface area contributed by atoms with E-state index in [9.17, 15) is 9.59 Å². The molecule has 1 heterocycles. The molecule has 0 bridgehead atoms. The summed E-state index contributed by atoms with van der Waals surface area (Å²) >= 11 is 0. The van der Waals surface area contributed by atoms with Gasteiger partial charge in [-0.05, 0) is 32.4 Å². The predicted octanol–water partition coefficient (Wildman–Crippen LogP) is 2.10. The van der Waals surface area contributed by atoms with Gasteiger partial charge in [-0.3, -0.25) is 9.59 Å². The lowest BCUT2D eigenvalue weighted by Gasteiger charge is -2.21. The second-order valence-electron chi connectivity index (χ2n) is 4.38. The fourth-order valence-corrected chi connectivity index (χ4v) is 1.83. The highest BCUT2D eigenvalue weighted by molar-refractivity contribution is 5.91. The Balaban J connectivity index is 2.52. The summed E-state index contributed by atoms with van der Waals surface area (Å²) in [6.07, 6.45) is 2.34. The fourth-order valence-electron chi connectivity index (χ4n) is 1.83. The van der Waals surface area contributed by atoms with Crippen molar-refractivity contribution in [2.75, 3.05) is 32.9 Å². The van der Waals surface area contributed by atoms with Crippen LogP contribution < -0.4 is 0 Å². The van der Waals surface area contributed by atoms with Crippen LogP contribution in [0.2, 0.25) is 0 Å². The number of hydrogen-bond donors (Lipinski definition) is 0. The van der Waals surface area contributed by atoms with Crippen LogP contribution >= 0.6 is 0 Å². The van der Waals surface area contributed by atoms with Crippen LogP contribution in [0.1, 0.15) is 37.2 Å². The van der Waals surface area contributed by atoms with Gasteiger partial charge in [-0.15, -0.1) is 0 Å². The third-order valence-electron chi connectivity index (χ3n) is 2.83. The second kappa shape index (κ2) is 9.99. The van der Waals surface area contributed by atoms with Gasteiger partial charge in [0.05, 0.1) is 19.3 Å². The van der Waals surface area contributed by atoms with Crippen LogP contribution in [0.15, 0.2) is 22.8 Å². The molecule has 1 rings (SSSR count). The molecule has 0 aromatic carbocycles. The Labute approximate surface area is 125 Å². The zero-order chi connectivity index (χ0) is 15.5. The van der Waals surface area contributed by atoms with Gasteiger partial charge in [0, 0.05) is 26.3 Å². The Hall–Kier alpha value is -1.82. The Kier molecular flexibility index (Phi) is 8.19. The van der Waals surface area contributed by atoms with Crippen LogP contribution in [0.4, 0.5) is 0 Å². The van der Waals surface area contributed by atoms with E-state index in [4.69, 9.17) is 13.9 Å². The summed E-state index contributed by atoms with van der Waals surface area (Å²) in [7, 11) is 0. The molecule has 0 spiro atoms. The summed E-state index contributed by atoms with van der Waals surface area (Å²) in [4.78, 5) is 25.3. The first kappa shape index (κ1) is 17.2. The summed E-state index contributed by atoms with van der Waals surface area (Å²) in [5.41, 5.74) is 0. The monoisotopic (exact) mass is 297 g/mol. The standard InChI is InChI=1S/C15H23NO5/c1-3-19-11-6-9-16(10-8-14(17)20-4-2)15(18)13-7-5-12-21-13/h5,7,12H,3-4,6,8-11H2,1-2H3. The number of esters is 1. The van der Waals surface area contributed by atoms with E-state index >= 15 is 0 Å². The van der Waals surface area contributed by atoms with Crippen molar-refractivity contribution < 1.29 is 23.5 Å². The maximum absolute atomic E-state index is 12.3. The number of ether oxygens (including phenoxy) is 2. The molecule has 0 saturated carbocycles. The van der Waals surface area contributed by atoms with E-state index in [1.165, 1.54) is 6.26 Å². The molecule has 6 heteroatoms. The van der Waals surface area contributed by atoms with Crippen molar-refractivity contribution in [2.45, 2.75) is 26.7 Å². The average molecular weight is 297 g/mol. The molecule has 0 aliphatic carbocycles. The first-order valence-corrected chi connectivity index (χ1v) is 7.25. The van der Waals surface area contributed by atoms with Crippen molar-refractivity contribution in [1.29, 1.82) is 0 Å². The SMILES string of the molecule is CCOCCCN(CCC(=O)OCC)C(=O)c1ccco1. The Bertz CT molecular complexity index is 416. The largest absolute Gasteiger partial charge is 0.466 e. The van der Waals surface area contributed by atoms with Gasteiger partial charge >= 0.3 is 5.97 Å². The van der Waals surface area contributed by atoms with Gasteiger partial charge < -0.3 is 18.8 Å². The van der Waals surface area contributed by atoms with E-state index in [0.29, 0.717) is 39.3 Å². The van der Waals surface area contributed by atoms with Crippen molar-refractivity contribution >= 4 is 11.9 Å². The average Bonchev–Trinajstić information content (AvgIpc) is 3.00. The molecule has 1 amide bonds. The van der Waals surface area contributed by atoms with E-state index in [1.54, 1.807) is 24.0 Å². The molecular formula is C15H23NO5. The molecule has 21 heavy (non-hydrogen) atoms. The molecule has 0 N–H and O–H groups in total. The summed E-state index contributed by atoms with van der Waals surface area (Å²) in [5.74, 6) is -0.254. The lowest BCUT2D eigenvalue weighted by atomic mass is 10.3. The van der Waals surface area contributed by atoms with Crippen molar-refractivity contribution in [3.05, 3.63) is 24.2 Å². The Morgan fingerprint density at radius 3 is 2.67 bits per heavy atom. The van der Waals surface area contributed by atoms with Crippen molar-refractivity contribution in [2.24, 2.45) is 0 Å². The lowest BCUT2D eigenvalue weighted by molar-refractivity contribution is -0.143. The summed E-state index contributed by atoms with van der Waals surface area (Å²) in [6.45, 7) is 6.07. The summed E-state index contributed by atoms with van der Waals surface area (Å²) in [6, 6.07) is 3.28. The van der Waals surface area contributed by atoms with E-state index in [1.807, 2.05) is 6.92 Å². The van der Waals surface area contributed by atoms with Crippen LogP contribution in [0.25, 0.3) is 0 Å². The third kappa shape index (κ3) is 6.44. The lowest BCUT2D eigenvalue weighted by Crippen LogP contribution is -2.34. The van der Waals surface area contributed by atoms with Crippen LogP contribution in [0, 0.1) is 0 Å². The minimum atomic E-state index is -0.306. The highest BCUT2D eigenvalue weighted by atomic mass is 16.5. The normalized spacial score (nSPS) is 10.4. The zero-order valence-corrected chi connectivity index (χ0v) is 12.7. The van der Waals surface area contributed by atoms with Crippen LogP contribution in [-0.4, -0.2) is 49.7 Å². The van der Waals surface area contributed by atoms with Crippen molar-refractivity contribution in [3.63, 3.8) is 0 Å². The highest BCUT2D eigenvalue weighted by Gasteiger charge is 2.19. The van der Waals surface area contributed by atoms with Crippen LogP contribution in [-0.2, 0) is 14.3 Å². The quantitative estimate of drug-likeness (QED) is 0.488. The molecule has 0 fully saturated rings. The molecule has 0 saturated heterocycles. The molecule has 0 unspecified atom stereocenters. The molecule has 1 aromatic rings. The molecule has 0 atom stereocenters. The first-order valence-electron chi connectivity index (χ1n) is 7.25. The number of rotatable bonds is 10. The van der Waals surface area contributed by atoms with Gasteiger partial charge in [0.2, 0.25) is 0 Å². The van der Waals surface area contributed by atoms with Gasteiger partial charge in [-0.25, -0.2) is 0 Å². The molecule has 6 nitrogen and oxygen atoms in total. The number of carbonyl (C=O) groups excluding carboxylic acids is 2. The van der Waals surface area contributed by atoms with Gasteiger partial charge in [0.1, 0.15) is 0 Å². The first-order chi connectivity index (χ1) is 10.2. The maximum Gasteiger partial charge on any atom is 0.307 e. The van der Waals surface area contributed by atoms with Gasteiger partial charge in [0.15, 0.2) is 5.76 Å². The molecule has 1 aromatic heterocycles. The topological polar surface area (TPSA) is 69.0 Å². The Morgan fingerprint density at radius 2 is 2.05 bits per heavy atom. The molecular weight excluding hydrogens is 274 g/mol. The zero-order valence-electron chi connectivity index (χ0n) is 12.7. The molecule has 0 aliphatic heterocycles. The smallest absolute Gasteiger partial charge is 0.307 e. The molecule has 0 radical (unpaired) electrons. The predicted molar refractivity (Wildman–Crippen MR) is 77.0 cm³/mol. The maximum atomic E-state index is 12.3. The highest BCUT2D eigenvalue weighted by Crippen LogP contribution is 2.07. The van der Waals surface area contributed by atoms with Crippen LogP contribution in [0.3, 0.4) is 0 Å². The summed E-state index contributed by atoms with van der Waals surface area (Å²) in [5, 5.41) is 0. The van der Waals surface area contributed by atoms with Crippen molar-refractivity contribution in [3.8, 4) is 0 Å². The number of amides is 1. The second-order valence-corrected chi connectivity index (χ2v) is 4.38. The minimum absolute atomic E-state index is 0.176. The summed E-state index contributed by atoms with van der Waals surface area (Å²) < 4.78 is 15.3. The Morgan fingerprint density at radius 1 is 1.24 bits per heavy atom. The molecule has 118 valence electrons. The van der Waals surface area contributed by atoms with Gasteiger partial charge in [-0.1, -0.05) is 0 Å². The number of furan rings is 1. The van der Waals surface area contributed by atoms with E-state index in [2.05, 4.69) is 0 Å². The number of carbonyl (C=O) groups is 2. The van der Waals surface area contributed by atoms with E-state index in [-0.39, 0.29) is 24.1 Å². The fraction of sp³-hybridized carbons (Fsp3) is 0.600. The van der Waals surface area contributed by atoms with E-state index in [0.717, 1.165) is 0 Å². The molecule has 0 aliphatic rings.